The number of aryl methyl sites for hydroxylation is 1. The Balaban J connectivity index is 2.39. The molecule has 0 amide bonds. The van der Waals surface area contributed by atoms with Crippen LogP contribution in [0.1, 0.15) is 11.1 Å². The van der Waals surface area contributed by atoms with Gasteiger partial charge >= 0.3 is 0 Å². The van der Waals surface area contributed by atoms with Gasteiger partial charge in [-0.05, 0) is 30.2 Å². The van der Waals surface area contributed by atoms with Crippen LogP contribution < -0.4 is 5.32 Å². The summed E-state index contributed by atoms with van der Waals surface area (Å²) in [5.74, 6) is -0.362. The van der Waals surface area contributed by atoms with Gasteiger partial charge in [-0.2, -0.15) is 0 Å². The van der Waals surface area contributed by atoms with Crippen LogP contribution in [0.2, 0.25) is 0 Å². The molecule has 1 aliphatic rings. The Morgan fingerprint density at radius 3 is 2.46 bits per heavy atom. The Hall–Kier alpha value is -0.960. The summed E-state index contributed by atoms with van der Waals surface area (Å²) in [5, 5.41) is 2.84. The average Bonchev–Trinajstić information content (AvgIpc) is 1.98. The number of halogens is 2. The lowest BCUT2D eigenvalue weighted by Crippen LogP contribution is -2.53. The molecule has 13 heavy (non-hydrogen) atoms. The van der Waals surface area contributed by atoms with Crippen LogP contribution in [0.25, 0.3) is 0 Å². The zero-order chi connectivity index (χ0) is 9.47. The van der Waals surface area contributed by atoms with Gasteiger partial charge in [0.15, 0.2) is 5.67 Å². The van der Waals surface area contributed by atoms with Gasteiger partial charge in [0.2, 0.25) is 0 Å². The second kappa shape index (κ2) is 2.77. The molecular formula is C10H11F2N. The summed E-state index contributed by atoms with van der Waals surface area (Å²) in [4.78, 5) is 0. The average molecular weight is 183 g/mol. The van der Waals surface area contributed by atoms with Crippen molar-refractivity contribution in [2.24, 2.45) is 0 Å². The summed E-state index contributed by atoms with van der Waals surface area (Å²) in [6.45, 7) is 2.34. The van der Waals surface area contributed by atoms with E-state index in [2.05, 4.69) is 5.32 Å². The van der Waals surface area contributed by atoms with E-state index in [1.807, 2.05) is 0 Å². The van der Waals surface area contributed by atoms with Crippen molar-refractivity contribution in [2.45, 2.75) is 12.6 Å². The fraction of sp³-hybridized carbons (Fsp3) is 0.400. The van der Waals surface area contributed by atoms with Crippen LogP contribution in [-0.4, -0.2) is 13.1 Å². The standard InChI is InChI=1S/C10H11F2N/c1-7-2-8(4-9(11)3-7)10(12)5-13-6-10/h2-4,13H,5-6H2,1H3. The molecular weight excluding hydrogens is 172 g/mol. The second-order valence-electron chi connectivity index (χ2n) is 3.59. The number of hydrogen-bond acceptors (Lipinski definition) is 1. The second-order valence-corrected chi connectivity index (χ2v) is 3.59. The third-order valence-electron chi connectivity index (χ3n) is 2.37. The van der Waals surface area contributed by atoms with E-state index in [1.165, 1.54) is 12.1 Å². The maximum absolute atomic E-state index is 13.8. The molecule has 3 heteroatoms. The molecule has 1 aromatic carbocycles. The van der Waals surface area contributed by atoms with Crippen molar-refractivity contribution in [3.05, 3.63) is 35.1 Å². The summed E-state index contributed by atoms with van der Waals surface area (Å²) in [5.41, 5.74) is -0.143. The van der Waals surface area contributed by atoms with Crippen LogP contribution >= 0.6 is 0 Å². The number of nitrogens with one attached hydrogen (secondary N) is 1. The Kier molecular flexibility index (Phi) is 1.84. The Morgan fingerprint density at radius 2 is 2.00 bits per heavy atom. The molecule has 1 fully saturated rings. The Labute approximate surface area is 75.8 Å². The number of benzene rings is 1. The van der Waals surface area contributed by atoms with Crippen LogP contribution in [0, 0.1) is 12.7 Å². The van der Waals surface area contributed by atoms with Crippen LogP contribution in [-0.2, 0) is 5.67 Å². The first kappa shape index (κ1) is 8.63. The van der Waals surface area contributed by atoms with Crippen LogP contribution in [0.5, 0.6) is 0 Å². The molecule has 0 saturated carbocycles. The van der Waals surface area contributed by atoms with Crippen molar-refractivity contribution in [2.75, 3.05) is 13.1 Å². The van der Waals surface area contributed by atoms with E-state index in [1.54, 1.807) is 13.0 Å². The lowest BCUT2D eigenvalue weighted by atomic mass is 9.89. The van der Waals surface area contributed by atoms with Gasteiger partial charge in [-0.1, -0.05) is 6.07 Å². The number of alkyl halides is 1. The van der Waals surface area contributed by atoms with E-state index in [-0.39, 0.29) is 18.9 Å². The SMILES string of the molecule is Cc1cc(F)cc(C2(F)CNC2)c1. The predicted octanol–water partition coefficient (Wildman–Crippen LogP) is 1.90. The maximum atomic E-state index is 13.8. The van der Waals surface area contributed by atoms with E-state index >= 15 is 0 Å². The maximum Gasteiger partial charge on any atom is 0.160 e. The van der Waals surface area contributed by atoms with Gasteiger partial charge in [-0.15, -0.1) is 0 Å². The highest BCUT2D eigenvalue weighted by Crippen LogP contribution is 2.30. The molecule has 0 spiro atoms. The van der Waals surface area contributed by atoms with Gasteiger partial charge in [0.05, 0.1) is 0 Å². The molecule has 1 saturated heterocycles. The quantitative estimate of drug-likeness (QED) is 0.701. The van der Waals surface area contributed by atoms with Crippen molar-refractivity contribution in [3.8, 4) is 0 Å². The van der Waals surface area contributed by atoms with Gasteiger partial charge in [0.25, 0.3) is 0 Å². The molecule has 1 aromatic rings. The summed E-state index contributed by atoms with van der Waals surface area (Å²) >= 11 is 0. The smallest absolute Gasteiger partial charge is 0.160 e. The predicted molar refractivity (Wildman–Crippen MR) is 46.8 cm³/mol. The van der Waals surface area contributed by atoms with Crippen LogP contribution in [0.4, 0.5) is 8.78 Å². The highest BCUT2D eigenvalue weighted by molar-refractivity contribution is 5.31. The van der Waals surface area contributed by atoms with Crippen molar-refractivity contribution < 1.29 is 8.78 Å². The van der Waals surface area contributed by atoms with E-state index in [4.69, 9.17) is 0 Å². The zero-order valence-corrected chi connectivity index (χ0v) is 7.40. The van der Waals surface area contributed by atoms with E-state index in [9.17, 15) is 8.78 Å². The Morgan fingerprint density at radius 1 is 1.31 bits per heavy atom. The fourth-order valence-electron chi connectivity index (χ4n) is 1.54. The van der Waals surface area contributed by atoms with Crippen LogP contribution in [0.3, 0.4) is 0 Å². The minimum atomic E-state index is -1.35. The van der Waals surface area contributed by atoms with Gasteiger partial charge in [-0.25, -0.2) is 8.78 Å². The van der Waals surface area contributed by atoms with Crippen LogP contribution in [0.15, 0.2) is 18.2 Å². The largest absolute Gasteiger partial charge is 0.310 e. The molecule has 0 radical (unpaired) electrons. The lowest BCUT2D eigenvalue weighted by molar-refractivity contribution is 0.0887. The van der Waals surface area contributed by atoms with E-state index in [0.717, 1.165) is 5.56 Å². The molecule has 1 nitrogen and oxygen atoms in total. The van der Waals surface area contributed by atoms with Gasteiger partial charge < -0.3 is 5.32 Å². The Bertz CT molecular complexity index is 311. The minimum absolute atomic E-state index is 0.288. The van der Waals surface area contributed by atoms with Gasteiger partial charge in [0, 0.05) is 13.1 Å². The number of rotatable bonds is 1. The normalized spacial score (nSPS) is 19.6. The topological polar surface area (TPSA) is 12.0 Å². The van der Waals surface area contributed by atoms with Crippen molar-refractivity contribution in [1.82, 2.24) is 5.32 Å². The molecule has 1 aliphatic heterocycles. The zero-order valence-electron chi connectivity index (χ0n) is 7.40. The molecule has 0 unspecified atom stereocenters. The lowest BCUT2D eigenvalue weighted by Gasteiger charge is -2.35. The highest BCUT2D eigenvalue weighted by atomic mass is 19.1. The number of hydrogen-bond donors (Lipinski definition) is 1. The van der Waals surface area contributed by atoms with Gasteiger partial charge in [0.1, 0.15) is 5.82 Å². The van der Waals surface area contributed by atoms with Crippen molar-refractivity contribution >= 4 is 0 Å². The summed E-state index contributed by atoms with van der Waals surface area (Å²) in [6, 6.07) is 4.37. The summed E-state index contributed by atoms with van der Waals surface area (Å²) < 4.78 is 26.7. The summed E-state index contributed by atoms with van der Waals surface area (Å²) in [6.07, 6.45) is 0. The molecule has 0 atom stereocenters. The van der Waals surface area contributed by atoms with Crippen molar-refractivity contribution in [3.63, 3.8) is 0 Å². The van der Waals surface area contributed by atoms with E-state index in [0.29, 0.717) is 5.56 Å². The third-order valence-corrected chi connectivity index (χ3v) is 2.37. The highest BCUT2D eigenvalue weighted by Gasteiger charge is 2.39. The fourth-order valence-corrected chi connectivity index (χ4v) is 1.54. The molecule has 0 bridgehead atoms. The molecule has 1 N–H and O–H groups in total. The molecule has 2 rings (SSSR count). The molecule has 70 valence electrons. The summed E-state index contributed by atoms with van der Waals surface area (Å²) in [7, 11) is 0. The van der Waals surface area contributed by atoms with Gasteiger partial charge in [-0.3, -0.25) is 0 Å². The third kappa shape index (κ3) is 1.44. The minimum Gasteiger partial charge on any atom is -0.310 e. The molecule has 0 aliphatic carbocycles. The monoisotopic (exact) mass is 183 g/mol. The first-order valence-electron chi connectivity index (χ1n) is 4.27. The molecule has 1 heterocycles. The first-order valence-corrected chi connectivity index (χ1v) is 4.27. The molecule has 0 aromatic heterocycles. The first-order chi connectivity index (χ1) is 6.10. The van der Waals surface area contributed by atoms with Crippen molar-refractivity contribution in [1.29, 1.82) is 0 Å². The van der Waals surface area contributed by atoms with E-state index < -0.39 is 5.67 Å².